The molecule has 0 heterocycles. The van der Waals surface area contributed by atoms with Crippen LogP contribution in [0, 0.1) is 0 Å². The van der Waals surface area contributed by atoms with Gasteiger partial charge in [-0.15, -0.1) is 0 Å². The molecule has 2 aromatic carbocycles. The molecule has 4 nitrogen and oxygen atoms in total. The van der Waals surface area contributed by atoms with E-state index in [4.69, 9.17) is 4.74 Å². The monoisotopic (exact) mass is 319 g/mol. The lowest BCUT2D eigenvalue weighted by atomic mass is 10.0. The highest BCUT2D eigenvalue weighted by Gasteiger charge is 2.26. The van der Waals surface area contributed by atoms with E-state index in [1.54, 1.807) is 31.3 Å². The van der Waals surface area contributed by atoms with Crippen LogP contribution in [0.2, 0.25) is 0 Å². The first-order valence-electron chi connectivity index (χ1n) is 7.10. The third-order valence-electron chi connectivity index (χ3n) is 3.61. The maximum Gasteiger partial charge on any atom is 0.267 e. The molecule has 0 aromatic heterocycles. The highest BCUT2D eigenvalue weighted by Crippen LogP contribution is 2.31. The molecular weight excluding hydrogens is 298 g/mol. The molecule has 0 aliphatic heterocycles. The summed E-state index contributed by atoms with van der Waals surface area (Å²) in [6.45, 7) is 4.05. The van der Waals surface area contributed by atoms with Crippen LogP contribution in [0.3, 0.4) is 0 Å². The van der Waals surface area contributed by atoms with Crippen molar-refractivity contribution in [1.29, 1.82) is 0 Å². The Bertz CT molecular complexity index is 740. The average molecular weight is 319 g/mol. The summed E-state index contributed by atoms with van der Waals surface area (Å²) in [5.74, 6) is 0.592. The maximum atomic E-state index is 12.9. The molecule has 0 fully saturated rings. The van der Waals surface area contributed by atoms with E-state index >= 15 is 0 Å². The van der Waals surface area contributed by atoms with Gasteiger partial charge >= 0.3 is 0 Å². The zero-order valence-electron chi connectivity index (χ0n) is 13.3. The maximum absolute atomic E-state index is 12.9. The molecule has 0 amide bonds. The van der Waals surface area contributed by atoms with Crippen LogP contribution < -0.4 is 9.04 Å². The van der Waals surface area contributed by atoms with Gasteiger partial charge in [0.05, 0.1) is 12.8 Å². The molecule has 0 unspecified atom stereocenters. The molecule has 0 N–H and O–H groups in total. The van der Waals surface area contributed by atoms with Gasteiger partial charge in [0.2, 0.25) is 0 Å². The van der Waals surface area contributed by atoms with Crippen LogP contribution in [0.5, 0.6) is 5.75 Å². The minimum absolute atomic E-state index is 0.188. The largest absolute Gasteiger partial charge is 0.495 e. The Morgan fingerprint density at radius 3 is 2.23 bits per heavy atom. The quantitative estimate of drug-likeness (QED) is 0.845. The fourth-order valence-electron chi connectivity index (χ4n) is 2.18. The van der Waals surface area contributed by atoms with Crippen LogP contribution in [0.4, 0.5) is 5.69 Å². The van der Waals surface area contributed by atoms with Gasteiger partial charge in [-0.2, -0.15) is 0 Å². The topological polar surface area (TPSA) is 46.6 Å². The molecule has 118 valence electrons. The fraction of sp³-hybridized carbons (Fsp3) is 0.294. The zero-order chi connectivity index (χ0) is 16.3. The minimum Gasteiger partial charge on any atom is -0.495 e. The summed E-state index contributed by atoms with van der Waals surface area (Å²) in [7, 11) is -0.657. The van der Waals surface area contributed by atoms with E-state index in [1.165, 1.54) is 11.4 Å². The van der Waals surface area contributed by atoms with Gasteiger partial charge in [-0.3, -0.25) is 4.31 Å². The third-order valence-corrected chi connectivity index (χ3v) is 5.42. The summed E-state index contributed by atoms with van der Waals surface area (Å²) in [6.07, 6.45) is 0. The van der Waals surface area contributed by atoms with Gasteiger partial charge in [-0.25, -0.2) is 8.42 Å². The van der Waals surface area contributed by atoms with Crippen molar-refractivity contribution in [3.63, 3.8) is 0 Å². The number of rotatable bonds is 5. The second-order valence-corrected chi connectivity index (χ2v) is 7.31. The van der Waals surface area contributed by atoms with Crippen LogP contribution in [0.15, 0.2) is 53.4 Å². The second-order valence-electron chi connectivity index (χ2n) is 5.37. The van der Waals surface area contributed by atoms with Gasteiger partial charge in [-0.05, 0) is 35.7 Å². The van der Waals surface area contributed by atoms with E-state index in [0.717, 1.165) is 5.56 Å². The second kappa shape index (κ2) is 6.40. The Kier molecular flexibility index (Phi) is 4.76. The first-order chi connectivity index (χ1) is 10.4. The van der Waals surface area contributed by atoms with Crippen LogP contribution in [0.1, 0.15) is 25.3 Å². The molecule has 0 bridgehead atoms. The van der Waals surface area contributed by atoms with Crippen LogP contribution >= 0.6 is 0 Å². The number of hydrogen-bond donors (Lipinski definition) is 0. The zero-order valence-corrected chi connectivity index (χ0v) is 14.1. The van der Waals surface area contributed by atoms with E-state index in [9.17, 15) is 8.42 Å². The minimum atomic E-state index is -3.68. The van der Waals surface area contributed by atoms with Crippen molar-refractivity contribution in [2.45, 2.75) is 24.7 Å². The van der Waals surface area contributed by atoms with E-state index in [2.05, 4.69) is 0 Å². The summed E-state index contributed by atoms with van der Waals surface area (Å²) < 4.78 is 32.4. The molecule has 2 aromatic rings. The number of methoxy groups -OCH3 is 1. The number of para-hydroxylation sites is 1. The Hall–Kier alpha value is -2.01. The standard InChI is InChI=1S/C17H21NO3S/c1-13(2)14-10-11-16(21-4)17(12-14)22(19,20)18(3)15-8-6-5-7-9-15/h5-13H,1-4H3. The molecule has 22 heavy (non-hydrogen) atoms. The van der Waals surface area contributed by atoms with Crippen molar-refractivity contribution < 1.29 is 13.2 Å². The van der Waals surface area contributed by atoms with Crippen molar-refractivity contribution in [2.24, 2.45) is 0 Å². The Balaban J connectivity index is 2.55. The predicted molar refractivity (Wildman–Crippen MR) is 89.1 cm³/mol. The molecule has 0 radical (unpaired) electrons. The molecule has 0 saturated carbocycles. The SMILES string of the molecule is COc1ccc(C(C)C)cc1S(=O)(=O)N(C)c1ccccc1. The van der Waals surface area contributed by atoms with Crippen LogP contribution in [-0.2, 0) is 10.0 Å². The molecule has 2 rings (SSSR count). The Labute approximate surface area is 132 Å². The summed E-state index contributed by atoms with van der Waals surface area (Å²) in [5.41, 5.74) is 1.57. The third kappa shape index (κ3) is 3.09. The molecule has 0 spiro atoms. The van der Waals surface area contributed by atoms with Crippen molar-refractivity contribution in [3.05, 3.63) is 54.1 Å². The lowest BCUT2D eigenvalue weighted by Crippen LogP contribution is -2.27. The van der Waals surface area contributed by atoms with Crippen molar-refractivity contribution in [2.75, 3.05) is 18.5 Å². The summed E-state index contributed by atoms with van der Waals surface area (Å²) in [6, 6.07) is 14.3. The summed E-state index contributed by atoms with van der Waals surface area (Å²) >= 11 is 0. The lowest BCUT2D eigenvalue weighted by Gasteiger charge is -2.21. The molecular formula is C17H21NO3S. The first kappa shape index (κ1) is 16.4. The van der Waals surface area contributed by atoms with Crippen molar-refractivity contribution in [3.8, 4) is 5.75 Å². The number of hydrogen-bond acceptors (Lipinski definition) is 3. The first-order valence-corrected chi connectivity index (χ1v) is 8.54. The fourth-order valence-corrected chi connectivity index (χ4v) is 3.56. The number of sulfonamides is 1. The normalized spacial score (nSPS) is 11.5. The molecule has 5 heteroatoms. The summed E-state index contributed by atoms with van der Waals surface area (Å²) in [5, 5.41) is 0. The highest BCUT2D eigenvalue weighted by molar-refractivity contribution is 7.92. The van der Waals surface area contributed by atoms with Crippen molar-refractivity contribution in [1.82, 2.24) is 0 Å². The van der Waals surface area contributed by atoms with Crippen LogP contribution in [0.25, 0.3) is 0 Å². The number of anilines is 1. The van der Waals surface area contributed by atoms with Gasteiger partial charge < -0.3 is 4.74 Å². The molecule has 0 saturated heterocycles. The van der Waals surface area contributed by atoms with Gasteiger partial charge in [0.25, 0.3) is 10.0 Å². The summed E-state index contributed by atoms with van der Waals surface area (Å²) in [4.78, 5) is 0.188. The average Bonchev–Trinajstić information content (AvgIpc) is 2.54. The number of ether oxygens (including phenoxy) is 1. The van der Waals surface area contributed by atoms with E-state index in [0.29, 0.717) is 11.4 Å². The predicted octanol–water partition coefficient (Wildman–Crippen LogP) is 3.64. The van der Waals surface area contributed by atoms with Gasteiger partial charge in [0.15, 0.2) is 0 Å². The van der Waals surface area contributed by atoms with E-state index in [-0.39, 0.29) is 10.8 Å². The molecule has 0 aliphatic rings. The number of benzene rings is 2. The molecule has 0 atom stereocenters. The van der Waals surface area contributed by atoms with E-state index < -0.39 is 10.0 Å². The van der Waals surface area contributed by atoms with Crippen molar-refractivity contribution >= 4 is 15.7 Å². The molecule has 0 aliphatic carbocycles. The Morgan fingerprint density at radius 1 is 1.05 bits per heavy atom. The number of nitrogens with zero attached hydrogens (tertiary/aromatic N) is 1. The van der Waals surface area contributed by atoms with Gasteiger partial charge in [0, 0.05) is 7.05 Å². The van der Waals surface area contributed by atoms with E-state index in [1.807, 2.05) is 38.1 Å². The van der Waals surface area contributed by atoms with Crippen LogP contribution in [-0.4, -0.2) is 22.6 Å². The highest BCUT2D eigenvalue weighted by atomic mass is 32.2. The smallest absolute Gasteiger partial charge is 0.267 e. The van der Waals surface area contributed by atoms with Gasteiger partial charge in [-0.1, -0.05) is 38.1 Å². The van der Waals surface area contributed by atoms with Gasteiger partial charge in [0.1, 0.15) is 10.6 Å². The Morgan fingerprint density at radius 2 is 1.68 bits per heavy atom. The lowest BCUT2D eigenvalue weighted by molar-refractivity contribution is 0.402.